The summed E-state index contributed by atoms with van der Waals surface area (Å²) in [7, 11) is 0. The van der Waals surface area contributed by atoms with Crippen molar-refractivity contribution in [1.29, 1.82) is 0 Å². The van der Waals surface area contributed by atoms with E-state index in [2.05, 4.69) is 37.4 Å². The molecule has 0 aromatic heterocycles. The number of carbonyl (C=O) groups excluding carboxylic acids is 2. The standard InChI is InChI=1S/C18H25N3O3/c1-13(2)6-4-7-14(3)10-11-19-20-17(22)15-8-5-9-16(12-15)18(23)21-24/h5-6,8-9,11-12,14,24H,4,7,10H2,1-3H3,(H,20,22)(H,21,23)/b19-11+/t14-/m1/s1. The minimum Gasteiger partial charge on any atom is -0.288 e. The van der Waals surface area contributed by atoms with Crippen molar-refractivity contribution in [2.45, 2.75) is 40.0 Å². The van der Waals surface area contributed by atoms with Crippen LogP contribution in [0.2, 0.25) is 0 Å². The van der Waals surface area contributed by atoms with Gasteiger partial charge < -0.3 is 0 Å². The van der Waals surface area contributed by atoms with Crippen LogP contribution in [0.25, 0.3) is 0 Å². The van der Waals surface area contributed by atoms with Crippen LogP contribution < -0.4 is 10.9 Å². The summed E-state index contributed by atoms with van der Waals surface area (Å²) in [6.07, 6.45) is 6.80. The minimum atomic E-state index is -0.668. The fraction of sp³-hybridized carbons (Fsp3) is 0.389. The zero-order valence-electron chi connectivity index (χ0n) is 14.4. The lowest BCUT2D eigenvalue weighted by atomic mass is 10.0. The van der Waals surface area contributed by atoms with Crippen LogP contribution in [0.1, 0.15) is 60.7 Å². The second-order valence-electron chi connectivity index (χ2n) is 5.97. The van der Waals surface area contributed by atoms with Crippen molar-refractivity contribution in [2.75, 3.05) is 0 Å². The van der Waals surface area contributed by atoms with Crippen LogP contribution in [0.15, 0.2) is 41.0 Å². The van der Waals surface area contributed by atoms with Crippen molar-refractivity contribution in [3.63, 3.8) is 0 Å². The molecule has 1 rings (SSSR count). The van der Waals surface area contributed by atoms with Crippen LogP contribution in [0.3, 0.4) is 0 Å². The van der Waals surface area contributed by atoms with Crippen LogP contribution in [0.5, 0.6) is 0 Å². The maximum Gasteiger partial charge on any atom is 0.274 e. The Morgan fingerprint density at radius 3 is 2.54 bits per heavy atom. The van der Waals surface area contributed by atoms with Gasteiger partial charge >= 0.3 is 0 Å². The molecule has 1 atom stereocenters. The number of amides is 2. The van der Waals surface area contributed by atoms with Gasteiger partial charge in [0.15, 0.2) is 0 Å². The third-order valence-electron chi connectivity index (χ3n) is 3.47. The molecule has 3 N–H and O–H groups in total. The Morgan fingerprint density at radius 2 is 1.92 bits per heavy atom. The van der Waals surface area contributed by atoms with E-state index in [1.165, 1.54) is 23.2 Å². The lowest BCUT2D eigenvalue weighted by Crippen LogP contribution is -2.21. The molecule has 6 heteroatoms. The van der Waals surface area contributed by atoms with Gasteiger partial charge in [0, 0.05) is 17.3 Å². The molecule has 0 saturated heterocycles. The molecular formula is C18H25N3O3. The molecule has 0 bridgehead atoms. The van der Waals surface area contributed by atoms with Gasteiger partial charge in [-0.15, -0.1) is 0 Å². The third-order valence-corrected chi connectivity index (χ3v) is 3.47. The molecule has 0 saturated carbocycles. The summed E-state index contributed by atoms with van der Waals surface area (Å²) in [5, 5.41) is 12.5. The van der Waals surface area contributed by atoms with Gasteiger partial charge in [0.1, 0.15) is 0 Å². The van der Waals surface area contributed by atoms with Gasteiger partial charge in [0.2, 0.25) is 0 Å². The van der Waals surface area contributed by atoms with Gasteiger partial charge in [-0.05, 0) is 57.2 Å². The highest BCUT2D eigenvalue weighted by atomic mass is 16.5. The molecule has 0 spiro atoms. The average Bonchev–Trinajstić information content (AvgIpc) is 2.57. The maximum absolute atomic E-state index is 12.0. The molecule has 0 radical (unpaired) electrons. The summed E-state index contributed by atoms with van der Waals surface area (Å²) in [5.74, 6) is -0.591. The highest BCUT2D eigenvalue weighted by Crippen LogP contribution is 2.10. The second-order valence-corrected chi connectivity index (χ2v) is 5.97. The van der Waals surface area contributed by atoms with Gasteiger partial charge in [0.25, 0.3) is 11.8 Å². The summed E-state index contributed by atoms with van der Waals surface area (Å²) in [6.45, 7) is 6.31. The number of allylic oxidation sites excluding steroid dienone is 2. The fourth-order valence-electron chi connectivity index (χ4n) is 2.04. The molecule has 0 aliphatic rings. The zero-order chi connectivity index (χ0) is 17.9. The lowest BCUT2D eigenvalue weighted by molar-refractivity contribution is 0.0706. The van der Waals surface area contributed by atoms with E-state index < -0.39 is 11.8 Å². The molecule has 1 aromatic carbocycles. The van der Waals surface area contributed by atoms with Crippen molar-refractivity contribution in [1.82, 2.24) is 10.9 Å². The smallest absolute Gasteiger partial charge is 0.274 e. The molecule has 0 fully saturated rings. The van der Waals surface area contributed by atoms with Gasteiger partial charge in [-0.1, -0.05) is 24.6 Å². The Balaban J connectivity index is 2.45. The highest BCUT2D eigenvalue weighted by Gasteiger charge is 2.09. The molecule has 0 aliphatic heterocycles. The number of hydroxylamine groups is 1. The van der Waals surface area contributed by atoms with Crippen molar-refractivity contribution < 1.29 is 14.8 Å². The number of nitrogens with zero attached hydrogens (tertiary/aromatic N) is 1. The first-order valence-electron chi connectivity index (χ1n) is 7.93. The predicted octanol–water partition coefficient (Wildman–Crippen LogP) is 3.29. The Kier molecular flexibility index (Phi) is 8.43. The maximum atomic E-state index is 12.0. The molecule has 130 valence electrons. The SMILES string of the molecule is CC(C)=CCC[C@@H](C)C/C=N/NC(=O)c1cccc(C(=O)NO)c1. The van der Waals surface area contributed by atoms with E-state index >= 15 is 0 Å². The van der Waals surface area contributed by atoms with Crippen LogP contribution in [0, 0.1) is 5.92 Å². The quantitative estimate of drug-likeness (QED) is 0.295. The van der Waals surface area contributed by atoms with Crippen LogP contribution in [-0.2, 0) is 0 Å². The van der Waals surface area contributed by atoms with E-state index in [9.17, 15) is 9.59 Å². The summed E-state index contributed by atoms with van der Waals surface area (Å²) in [5.41, 5.74) is 5.78. The van der Waals surface area contributed by atoms with Crippen molar-refractivity contribution >= 4 is 18.0 Å². The van der Waals surface area contributed by atoms with E-state index in [0.717, 1.165) is 19.3 Å². The molecular weight excluding hydrogens is 306 g/mol. The Morgan fingerprint density at radius 1 is 1.25 bits per heavy atom. The molecule has 0 aliphatic carbocycles. The van der Waals surface area contributed by atoms with Gasteiger partial charge in [-0.2, -0.15) is 5.10 Å². The third kappa shape index (κ3) is 7.19. The minimum absolute atomic E-state index is 0.196. The Bertz CT molecular complexity index is 620. The number of benzene rings is 1. The van der Waals surface area contributed by atoms with Gasteiger partial charge in [-0.25, -0.2) is 10.9 Å². The molecule has 2 amide bonds. The second kappa shape index (κ2) is 10.3. The van der Waals surface area contributed by atoms with E-state index in [-0.39, 0.29) is 5.56 Å². The molecule has 6 nitrogen and oxygen atoms in total. The number of hydrogen-bond donors (Lipinski definition) is 3. The first-order chi connectivity index (χ1) is 11.4. The van der Waals surface area contributed by atoms with E-state index in [0.29, 0.717) is 11.5 Å². The highest BCUT2D eigenvalue weighted by molar-refractivity contribution is 5.99. The lowest BCUT2D eigenvalue weighted by Gasteiger charge is -2.06. The Hall–Kier alpha value is -2.47. The zero-order valence-corrected chi connectivity index (χ0v) is 14.4. The van der Waals surface area contributed by atoms with E-state index in [4.69, 9.17) is 5.21 Å². The van der Waals surface area contributed by atoms with Crippen molar-refractivity contribution in [3.8, 4) is 0 Å². The van der Waals surface area contributed by atoms with Crippen LogP contribution in [-0.4, -0.2) is 23.2 Å². The fourth-order valence-corrected chi connectivity index (χ4v) is 2.04. The number of hydrogen-bond acceptors (Lipinski definition) is 4. The molecule has 0 unspecified atom stereocenters. The summed E-state index contributed by atoms with van der Waals surface area (Å²) in [4.78, 5) is 23.3. The first kappa shape index (κ1) is 19.6. The normalized spacial score (nSPS) is 11.8. The number of hydrazone groups is 1. The molecule has 0 heterocycles. The number of rotatable bonds is 8. The predicted molar refractivity (Wildman–Crippen MR) is 94.1 cm³/mol. The van der Waals surface area contributed by atoms with Crippen molar-refractivity contribution in [2.24, 2.45) is 11.0 Å². The van der Waals surface area contributed by atoms with E-state index in [1.54, 1.807) is 18.3 Å². The summed E-state index contributed by atoms with van der Waals surface area (Å²) < 4.78 is 0. The molecule has 1 aromatic rings. The summed E-state index contributed by atoms with van der Waals surface area (Å²) in [6, 6.07) is 6.02. The largest absolute Gasteiger partial charge is 0.288 e. The van der Waals surface area contributed by atoms with E-state index in [1.807, 2.05) is 0 Å². The van der Waals surface area contributed by atoms with Gasteiger partial charge in [-0.3, -0.25) is 14.8 Å². The van der Waals surface area contributed by atoms with Crippen molar-refractivity contribution in [3.05, 3.63) is 47.0 Å². The first-order valence-corrected chi connectivity index (χ1v) is 7.93. The monoisotopic (exact) mass is 331 g/mol. The van der Waals surface area contributed by atoms with Crippen LogP contribution in [0.4, 0.5) is 0 Å². The number of nitrogens with one attached hydrogen (secondary N) is 2. The topological polar surface area (TPSA) is 90.8 Å². The average molecular weight is 331 g/mol. The number of carbonyl (C=O) groups is 2. The summed E-state index contributed by atoms with van der Waals surface area (Å²) >= 11 is 0. The van der Waals surface area contributed by atoms with Crippen LogP contribution >= 0.6 is 0 Å². The Labute approximate surface area is 142 Å². The molecule has 24 heavy (non-hydrogen) atoms. The van der Waals surface area contributed by atoms with Gasteiger partial charge in [0.05, 0.1) is 0 Å².